The maximum absolute atomic E-state index is 12.7. The van der Waals surface area contributed by atoms with E-state index in [2.05, 4.69) is 45.1 Å². The van der Waals surface area contributed by atoms with Gasteiger partial charge >= 0.3 is 17.9 Å². The molecule has 58 heavy (non-hydrogen) atoms. The number of ether oxygens (including phenoxy) is 3. The molecule has 0 saturated heterocycles. The number of hydrogen-bond donors (Lipinski definition) is 0. The summed E-state index contributed by atoms with van der Waals surface area (Å²) in [6, 6.07) is 0. The SMILES string of the molecule is CCCCC/C=C\C/C=C\CCCCCCCCCCCC(=O)OC[C@@H](COC(=O)CCCCCCCCCCCC)OC(=O)CCCCCCCCCCCCC. The third-order valence-electron chi connectivity index (χ3n) is 11.2. The first-order chi connectivity index (χ1) is 28.5. The molecule has 0 N–H and O–H groups in total. The van der Waals surface area contributed by atoms with Crippen molar-refractivity contribution in [3.8, 4) is 0 Å². The molecule has 6 nitrogen and oxygen atoms in total. The van der Waals surface area contributed by atoms with Gasteiger partial charge in [-0.25, -0.2) is 0 Å². The van der Waals surface area contributed by atoms with Gasteiger partial charge in [-0.15, -0.1) is 0 Å². The Morgan fingerprint density at radius 1 is 0.345 bits per heavy atom. The van der Waals surface area contributed by atoms with E-state index in [1.54, 1.807) is 0 Å². The van der Waals surface area contributed by atoms with E-state index in [0.29, 0.717) is 19.3 Å². The average Bonchev–Trinajstić information content (AvgIpc) is 3.22. The molecule has 0 unspecified atom stereocenters. The molecule has 0 aliphatic carbocycles. The molecule has 0 radical (unpaired) electrons. The molecule has 0 heterocycles. The molecule has 6 heteroatoms. The van der Waals surface area contributed by atoms with Crippen LogP contribution in [0.2, 0.25) is 0 Å². The van der Waals surface area contributed by atoms with Crippen molar-refractivity contribution >= 4 is 17.9 Å². The van der Waals surface area contributed by atoms with Crippen LogP contribution in [0, 0.1) is 0 Å². The second kappa shape index (κ2) is 47.6. The molecule has 0 aromatic carbocycles. The van der Waals surface area contributed by atoms with Crippen molar-refractivity contribution in [2.24, 2.45) is 0 Å². The number of esters is 3. The van der Waals surface area contributed by atoms with Crippen molar-refractivity contribution in [1.82, 2.24) is 0 Å². The number of rotatable bonds is 46. The van der Waals surface area contributed by atoms with Crippen LogP contribution in [0.3, 0.4) is 0 Å². The van der Waals surface area contributed by atoms with Gasteiger partial charge in [-0.05, 0) is 51.4 Å². The highest BCUT2D eigenvalue weighted by molar-refractivity contribution is 5.71. The quantitative estimate of drug-likeness (QED) is 0.0263. The summed E-state index contributed by atoms with van der Waals surface area (Å²) in [4.78, 5) is 37.8. The largest absolute Gasteiger partial charge is 0.462 e. The summed E-state index contributed by atoms with van der Waals surface area (Å²) in [7, 11) is 0. The Labute approximate surface area is 360 Å². The summed E-state index contributed by atoms with van der Waals surface area (Å²) in [6.07, 6.45) is 53.0. The molecule has 0 aliphatic heterocycles. The third-order valence-corrected chi connectivity index (χ3v) is 11.2. The van der Waals surface area contributed by atoms with E-state index in [4.69, 9.17) is 14.2 Å². The Morgan fingerprint density at radius 2 is 0.621 bits per heavy atom. The van der Waals surface area contributed by atoms with Crippen molar-refractivity contribution in [3.05, 3.63) is 24.3 Å². The van der Waals surface area contributed by atoms with Crippen molar-refractivity contribution in [2.75, 3.05) is 13.2 Å². The van der Waals surface area contributed by atoms with E-state index < -0.39 is 6.10 Å². The second-order valence-electron chi connectivity index (χ2n) is 17.1. The van der Waals surface area contributed by atoms with Crippen LogP contribution < -0.4 is 0 Å². The van der Waals surface area contributed by atoms with Crippen molar-refractivity contribution in [3.63, 3.8) is 0 Å². The van der Waals surface area contributed by atoms with Crippen molar-refractivity contribution < 1.29 is 28.6 Å². The summed E-state index contributed by atoms with van der Waals surface area (Å²) in [5.74, 6) is -0.863. The lowest BCUT2D eigenvalue weighted by atomic mass is 10.1. The van der Waals surface area contributed by atoms with Gasteiger partial charge < -0.3 is 14.2 Å². The number of hydrogen-bond acceptors (Lipinski definition) is 6. The van der Waals surface area contributed by atoms with E-state index >= 15 is 0 Å². The van der Waals surface area contributed by atoms with Crippen LogP contribution in [0.5, 0.6) is 0 Å². The standard InChI is InChI=1S/C52H96O6/c1-4-7-10-13-16-19-22-23-24-25-26-27-28-29-31-33-36-39-42-45-51(54)57-48-49(47-56-50(53)44-41-38-35-32-21-18-15-12-9-6-3)58-52(55)46-43-40-37-34-30-20-17-14-11-8-5-2/h16,19,23-24,49H,4-15,17-18,20-22,25-48H2,1-3H3/b19-16-,24-23-/t49-/m1/s1. The topological polar surface area (TPSA) is 78.9 Å². The smallest absolute Gasteiger partial charge is 0.306 e. The molecule has 1 atom stereocenters. The minimum absolute atomic E-state index is 0.0680. The van der Waals surface area contributed by atoms with E-state index in [-0.39, 0.29) is 31.1 Å². The predicted molar refractivity (Wildman–Crippen MR) is 247 cm³/mol. The Bertz CT molecular complexity index is 942. The van der Waals surface area contributed by atoms with E-state index in [1.807, 2.05) is 0 Å². The van der Waals surface area contributed by atoms with Gasteiger partial charge in [0.25, 0.3) is 0 Å². The fourth-order valence-electron chi connectivity index (χ4n) is 7.36. The second-order valence-corrected chi connectivity index (χ2v) is 17.1. The van der Waals surface area contributed by atoms with Crippen LogP contribution in [-0.2, 0) is 28.6 Å². The first kappa shape index (κ1) is 55.9. The highest BCUT2D eigenvalue weighted by atomic mass is 16.6. The molecule has 0 amide bonds. The summed E-state index contributed by atoms with van der Waals surface area (Å²) in [6.45, 7) is 6.61. The van der Waals surface area contributed by atoms with E-state index in [9.17, 15) is 14.4 Å². The Balaban J connectivity index is 4.26. The summed E-state index contributed by atoms with van der Waals surface area (Å²) in [5.41, 5.74) is 0. The van der Waals surface area contributed by atoms with Gasteiger partial charge in [0.1, 0.15) is 13.2 Å². The minimum atomic E-state index is -0.765. The number of unbranched alkanes of at least 4 members (excludes halogenated alkanes) is 31. The summed E-state index contributed by atoms with van der Waals surface area (Å²) >= 11 is 0. The first-order valence-corrected chi connectivity index (χ1v) is 25.3. The molecule has 0 bridgehead atoms. The lowest BCUT2D eigenvalue weighted by Gasteiger charge is -2.18. The highest BCUT2D eigenvalue weighted by Gasteiger charge is 2.19. The summed E-state index contributed by atoms with van der Waals surface area (Å²) < 4.78 is 16.8. The molecule has 340 valence electrons. The van der Waals surface area contributed by atoms with Crippen LogP contribution in [0.4, 0.5) is 0 Å². The number of carbonyl (C=O) groups excluding carboxylic acids is 3. The van der Waals surface area contributed by atoms with Gasteiger partial charge in [0, 0.05) is 19.3 Å². The normalized spacial score (nSPS) is 12.1. The van der Waals surface area contributed by atoms with Crippen LogP contribution in [-0.4, -0.2) is 37.2 Å². The van der Waals surface area contributed by atoms with Gasteiger partial charge in [-0.2, -0.15) is 0 Å². The van der Waals surface area contributed by atoms with Gasteiger partial charge in [0.2, 0.25) is 0 Å². The molecular weight excluding hydrogens is 721 g/mol. The van der Waals surface area contributed by atoms with Crippen LogP contribution in [0.25, 0.3) is 0 Å². The maximum Gasteiger partial charge on any atom is 0.306 e. The van der Waals surface area contributed by atoms with E-state index in [1.165, 1.54) is 167 Å². The molecule has 0 aromatic rings. The molecular formula is C52H96O6. The Kier molecular flexibility index (Phi) is 45.8. The predicted octanol–water partition coefficient (Wildman–Crippen LogP) is 16.4. The van der Waals surface area contributed by atoms with Gasteiger partial charge in [0.05, 0.1) is 0 Å². The Hall–Kier alpha value is -2.11. The fourth-order valence-corrected chi connectivity index (χ4v) is 7.36. The zero-order chi connectivity index (χ0) is 42.3. The van der Waals surface area contributed by atoms with Crippen LogP contribution in [0.1, 0.15) is 271 Å². The molecule has 0 rings (SSSR count). The Morgan fingerprint density at radius 3 is 0.983 bits per heavy atom. The third kappa shape index (κ3) is 45.0. The minimum Gasteiger partial charge on any atom is -0.462 e. The first-order valence-electron chi connectivity index (χ1n) is 25.3. The lowest BCUT2D eigenvalue weighted by Crippen LogP contribution is -2.30. The fraction of sp³-hybridized carbons (Fsp3) is 0.865. The average molecular weight is 817 g/mol. The number of carbonyl (C=O) groups is 3. The lowest BCUT2D eigenvalue weighted by molar-refractivity contribution is -0.167. The summed E-state index contributed by atoms with van der Waals surface area (Å²) in [5, 5.41) is 0. The number of allylic oxidation sites excluding steroid dienone is 4. The van der Waals surface area contributed by atoms with Gasteiger partial charge in [0.15, 0.2) is 6.10 Å². The zero-order valence-corrected chi connectivity index (χ0v) is 38.8. The van der Waals surface area contributed by atoms with Gasteiger partial charge in [-0.3, -0.25) is 14.4 Å². The maximum atomic E-state index is 12.7. The highest BCUT2D eigenvalue weighted by Crippen LogP contribution is 2.15. The van der Waals surface area contributed by atoms with Crippen LogP contribution >= 0.6 is 0 Å². The molecule has 0 fully saturated rings. The van der Waals surface area contributed by atoms with Crippen LogP contribution in [0.15, 0.2) is 24.3 Å². The zero-order valence-electron chi connectivity index (χ0n) is 38.8. The van der Waals surface area contributed by atoms with Crippen molar-refractivity contribution in [1.29, 1.82) is 0 Å². The van der Waals surface area contributed by atoms with E-state index in [0.717, 1.165) is 64.2 Å². The van der Waals surface area contributed by atoms with Gasteiger partial charge in [-0.1, -0.05) is 225 Å². The monoisotopic (exact) mass is 817 g/mol. The molecule has 0 spiro atoms. The molecule has 0 saturated carbocycles. The van der Waals surface area contributed by atoms with Crippen molar-refractivity contribution in [2.45, 2.75) is 277 Å². The molecule has 0 aliphatic rings. The molecule has 0 aromatic heterocycles.